The van der Waals surface area contributed by atoms with Crippen LogP contribution in [0.4, 0.5) is 0 Å². The van der Waals surface area contributed by atoms with E-state index in [4.69, 9.17) is 5.73 Å². The van der Waals surface area contributed by atoms with Crippen LogP contribution in [0.5, 0.6) is 0 Å². The van der Waals surface area contributed by atoms with Gasteiger partial charge in [-0.3, -0.25) is 4.79 Å². The van der Waals surface area contributed by atoms with Gasteiger partial charge in [0.25, 0.3) is 0 Å². The van der Waals surface area contributed by atoms with Gasteiger partial charge in [0.05, 0.1) is 0 Å². The van der Waals surface area contributed by atoms with Crippen molar-refractivity contribution in [3.63, 3.8) is 0 Å². The van der Waals surface area contributed by atoms with Crippen LogP contribution in [-0.4, -0.2) is 29.9 Å². The maximum atomic E-state index is 12.6. The molecule has 0 radical (unpaired) electrons. The second-order valence-corrected chi connectivity index (χ2v) is 7.27. The number of nitrogens with two attached hydrogens (primary N) is 1. The first-order valence-electron chi connectivity index (χ1n) is 7.98. The molecule has 1 saturated heterocycles. The molecule has 4 heteroatoms. The molecule has 0 aromatic carbocycles. The molecule has 0 spiro atoms. The van der Waals surface area contributed by atoms with Crippen molar-refractivity contribution < 1.29 is 4.79 Å². The van der Waals surface area contributed by atoms with Crippen LogP contribution in [0.25, 0.3) is 0 Å². The van der Waals surface area contributed by atoms with Crippen LogP contribution < -0.4 is 5.73 Å². The van der Waals surface area contributed by atoms with Crippen molar-refractivity contribution in [2.24, 2.45) is 23.0 Å². The third-order valence-corrected chi connectivity index (χ3v) is 5.40. The molecule has 1 aliphatic carbocycles. The summed E-state index contributed by atoms with van der Waals surface area (Å²) in [5, 5.41) is 0. The predicted molar refractivity (Wildman–Crippen MR) is 85.9 cm³/mol. The predicted octanol–water partition coefficient (Wildman–Crippen LogP) is 3.21. The molecule has 1 unspecified atom stereocenters. The van der Waals surface area contributed by atoms with Crippen molar-refractivity contribution >= 4 is 18.3 Å². The second kappa shape index (κ2) is 7.13. The molecule has 2 N–H and O–H groups in total. The minimum atomic E-state index is 0. The van der Waals surface area contributed by atoms with E-state index in [0.717, 1.165) is 38.3 Å². The normalized spacial score (nSPS) is 33.4. The van der Waals surface area contributed by atoms with Gasteiger partial charge in [0.1, 0.15) is 0 Å². The average molecular weight is 303 g/mol. The highest BCUT2D eigenvalue weighted by atomic mass is 35.5. The molecule has 2 rings (SSSR count). The monoisotopic (exact) mass is 302 g/mol. The van der Waals surface area contributed by atoms with Crippen molar-refractivity contribution in [3.8, 4) is 0 Å². The first-order valence-corrected chi connectivity index (χ1v) is 7.98. The molecule has 0 aromatic rings. The van der Waals surface area contributed by atoms with E-state index in [-0.39, 0.29) is 29.8 Å². The van der Waals surface area contributed by atoms with Crippen molar-refractivity contribution in [1.82, 2.24) is 4.90 Å². The SMILES string of the molecule is CCC1CCC(C(=O)N2CCC(N)C(C)(C)C2)CC1.Cl. The third kappa shape index (κ3) is 3.88. The van der Waals surface area contributed by atoms with E-state index in [9.17, 15) is 4.79 Å². The number of rotatable bonds is 2. The Morgan fingerprint density at radius 1 is 1.20 bits per heavy atom. The number of carbonyl (C=O) groups is 1. The summed E-state index contributed by atoms with van der Waals surface area (Å²) in [7, 11) is 0. The van der Waals surface area contributed by atoms with Gasteiger partial charge in [0.2, 0.25) is 5.91 Å². The van der Waals surface area contributed by atoms with Gasteiger partial charge < -0.3 is 10.6 Å². The van der Waals surface area contributed by atoms with Gasteiger partial charge in [-0.05, 0) is 43.4 Å². The number of amides is 1. The summed E-state index contributed by atoms with van der Waals surface area (Å²) < 4.78 is 0. The van der Waals surface area contributed by atoms with Gasteiger partial charge in [-0.1, -0.05) is 27.2 Å². The molecule has 2 fully saturated rings. The fourth-order valence-corrected chi connectivity index (χ4v) is 3.64. The Bertz CT molecular complexity index is 324. The van der Waals surface area contributed by atoms with Gasteiger partial charge >= 0.3 is 0 Å². The fraction of sp³-hybridized carbons (Fsp3) is 0.938. The van der Waals surface area contributed by atoms with E-state index >= 15 is 0 Å². The van der Waals surface area contributed by atoms with Crippen LogP contribution in [0, 0.1) is 17.3 Å². The molecule has 0 aromatic heterocycles. The third-order valence-electron chi connectivity index (χ3n) is 5.40. The summed E-state index contributed by atoms with van der Waals surface area (Å²) in [5.74, 6) is 1.54. The molecule has 1 heterocycles. The largest absolute Gasteiger partial charge is 0.342 e. The van der Waals surface area contributed by atoms with Crippen LogP contribution in [0.15, 0.2) is 0 Å². The molecule has 1 aliphatic heterocycles. The molecule has 0 bridgehead atoms. The average Bonchev–Trinajstić information content (AvgIpc) is 2.41. The van der Waals surface area contributed by atoms with Crippen molar-refractivity contribution in [3.05, 3.63) is 0 Å². The Morgan fingerprint density at radius 3 is 2.30 bits per heavy atom. The smallest absolute Gasteiger partial charge is 0.225 e. The number of hydrogen-bond acceptors (Lipinski definition) is 2. The van der Waals surface area contributed by atoms with Crippen molar-refractivity contribution in [2.45, 2.75) is 65.3 Å². The van der Waals surface area contributed by atoms with E-state index in [1.165, 1.54) is 19.3 Å². The van der Waals surface area contributed by atoms with Crippen molar-refractivity contribution in [2.75, 3.05) is 13.1 Å². The molecule has 1 saturated carbocycles. The molecule has 3 nitrogen and oxygen atoms in total. The van der Waals surface area contributed by atoms with E-state index < -0.39 is 0 Å². The minimum absolute atomic E-state index is 0. The Labute approximate surface area is 130 Å². The lowest BCUT2D eigenvalue weighted by molar-refractivity contribution is -0.140. The Kier molecular flexibility index (Phi) is 6.33. The first kappa shape index (κ1) is 17.8. The fourth-order valence-electron chi connectivity index (χ4n) is 3.64. The zero-order valence-electron chi connectivity index (χ0n) is 13.2. The van der Waals surface area contributed by atoms with E-state index in [1.54, 1.807) is 0 Å². The summed E-state index contributed by atoms with van der Waals surface area (Å²) >= 11 is 0. The number of carbonyl (C=O) groups excluding carboxylic acids is 1. The van der Waals surface area contributed by atoms with Gasteiger partial charge in [-0.2, -0.15) is 0 Å². The zero-order chi connectivity index (χ0) is 14.0. The minimum Gasteiger partial charge on any atom is -0.342 e. The van der Waals surface area contributed by atoms with Crippen molar-refractivity contribution in [1.29, 1.82) is 0 Å². The number of hydrogen-bond donors (Lipinski definition) is 1. The van der Waals surface area contributed by atoms with Crippen LogP contribution >= 0.6 is 12.4 Å². The zero-order valence-corrected chi connectivity index (χ0v) is 14.0. The second-order valence-electron chi connectivity index (χ2n) is 7.27. The van der Waals surface area contributed by atoms with Gasteiger partial charge in [-0.25, -0.2) is 0 Å². The molecule has 118 valence electrons. The lowest BCUT2D eigenvalue weighted by Gasteiger charge is -2.44. The van der Waals surface area contributed by atoms with Crippen LogP contribution in [0.2, 0.25) is 0 Å². The van der Waals surface area contributed by atoms with E-state index in [1.807, 2.05) is 0 Å². The van der Waals surface area contributed by atoms with Gasteiger partial charge in [0.15, 0.2) is 0 Å². The lowest BCUT2D eigenvalue weighted by Crippen LogP contribution is -2.55. The number of nitrogens with zero attached hydrogens (tertiary/aromatic N) is 1. The molecule has 1 atom stereocenters. The van der Waals surface area contributed by atoms with Gasteiger partial charge in [0, 0.05) is 25.0 Å². The van der Waals surface area contributed by atoms with E-state index in [2.05, 4.69) is 25.7 Å². The quantitative estimate of drug-likeness (QED) is 0.851. The highest BCUT2D eigenvalue weighted by Gasteiger charge is 2.37. The first-order chi connectivity index (χ1) is 8.94. The Balaban J connectivity index is 0.00000200. The van der Waals surface area contributed by atoms with Crippen LogP contribution in [0.1, 0.15) is 59.3 Å². The summed E-state index contributed by atoms with van der Waals surface area (Å²) in [4.78, 5) is 14.7. The van der Waals surface area contributed by atoms with Crippen LogP contribution in [-0.2, 0) is 4.79 Å². The number of halogens is 1. The number of piperidine rings is 1. The Hall–Kier alpha value is -0.280. The highest BCUT2D eigenvalue weighted by Crippen LogP contribution is 2.34. The maximum absolute atomic E-state index is 12.6. The topological polar surface area (TPSA) is 46.3 Å². The molecular weight excluding hydrogens is 272 g/mol. The van der Waals surface area contributed by atoms with Gasteiger partial charge in [-0.15, -0.1) is 12.4 Å². The molecular formula is C16H31ClN2O. The number of likely N-dealkylation sites (tertiary alicyclic amines) is 1. The molecule has 20 heavy (non-hydrogen) atoms. The summed E-state index contributed by atoms with van der Waals surface area (Å²) in [6.07, 6.45) is 6.89. The lowest BCUT2D eigenvalue weighted by atomic mass is 9.77. The molecule has 2 aliphatic rings. The molecule has 1 amide bonds. The van der Waals surface area contributed by atoms with E-state index in [0.29, 0.717) is 5.91 Å². The summed E-state index contributed by atoms with van der Waals surface area (Å²) in [6.45, 7) is 8.33. The summed E-state index contributed by atoms with van der Waals surface area (Å²) in [6, 6.07) is 0.229. The standard InChI is InChI=1S/C16H30N2O.ClH/c1-4-12-5-7-13(8-6-12)15(19)18-10-9-14(17)16(2,3)11-18;/h12-14H,4-11,17H2,1-3H3;1H. The Morgan fingerprint density at radius 2 is 1.80 bits per heavy atom. The summed E-state index contributed by atoms with van der Waals surface area (Å²) in [5.41, 5.74) is 6.22. The van der Waals surface area contributed by atoms with Crippen LogP contribution in [0.3, 0.4) is 0 Å². The maximum Gasteiger partial charge on any atom is 0.225 e. The highest BCUT2D eigenvalue weighted by molar-refractivity contribution is 5.85.